The number of nitriles is 1. The second-order valence-electron chi connectivity index (χ2n) is 4.04. The number of benzene rings is 1. The van der Waals surface area contributed by atoms with Gasteiger partial charge in [-0.3, -0.25) is 4.79 Å². The summed E-state index contributed by atoms with van der Waals surface area (Å²) in [5.41, 5.74) is 5.98. The minimum atomic E-state index is -0.606. The van der Waals surface area contributed by atoms with E-state index >= 15 is 0 Å². The molecular formula is C13H16FN3O. The molecule has 1 rings (SSSR count). The lowest BCUT2D eigenvalue weighted by Gasteiger charge is -2.11. The number of carbonyl (C=O) groups excluding carboxylic acids is 1. The van der Waals surface area contributed by atoms with Gasteiger partial charge in [-0.2, -0.15) is 5.26 Å². The maximum Gasteiger partial charge on any atom is 0.241 e. The second kappa shape index (κ2) is 6.72. The number of anilines is 1. The molecule has 0 saturated carbocycles. The molecule has 0 radical (unpaired) electrons. The Labute approximate surface area is 106 Å². The van der Waals surface area contributed by atoms with Crippen molar-refractivity contribution in [3.05, 3.63) is 29.6 Å². The summed E-state index contributed by atoms with van der Waals surface area (Å²) in [6, 6.07) is 4.97. The number of hydrogen-bond donors (Lipinski definition) is 2. The molecule has 0 aromatic heterocycles. The van der Waals surface area contributed by atoms with Gasteiger partial charge in [-0.05, 0) is 24.6 Å². The molecule has 0 fully saturated rings. The van der Waals surface area contributed by atoms with Crippen molar-refractivity contribution >= 4 is 11.6 Å². The van der Waals surface area contributed by atoms with Crippen molar-refractivity contribution < 1.29 is 9.18 Å². The molecule has 18 heavy (non-hydrogen) atoms. The molecule has 1 aromatic carbocycles. The Balaban J connectivity index is 2.67. The summed E-state index contributed by atoms with van der Waals surface area (Å²) >= 11 is 0. The first-order valence-corrected chi connectivity index (χ1v) is 5.84. The molecule has 0 saturated heterocycles. The van der Waals surface area contributed by atoms with Crippen LogP contribution in [-0.4, -0.2) is 11.9 Å². The smallest absolute Gasteiger partial charge is 0.241 e. The second-order valence-corrected chi connectivity index (χ2v) is 4.04. The first-order valence-electron chi connectivity index (χ1n) is 5.84. The zero-order chi connectivity index (χ0) is 13.5. The number of nitrogens with one attached hydrogen (secondary N) is 1. The third-order valence-corrected chi connectivity index (χ3v) is 2.56. The SMILES string of the molecule is CCCCC(N)C(=O)Nc1ccc(F)c(C#N)c1. The van der Waals surface area contributed by atoms with Gasteiger partial charge in [-0.25, -0.2) is 4.39 Å². The number of rotatable bonds is 5. The first-order chi connectivity index (χ1) is 8.58. The van der Waals surface area contributed by atoms with E-state index in [0.29, 0.717) is 12.1 Å². The van der Waals surface area contributed by atoms with Crippen molar-refractivity contribution in [2.75, 3.05) is 5.32 Å². The average Bonchev–Trinajstić information content (AvgIpc) is 2.37. The first kappa shape index (κ1) is 14.1. The summed E-state index contributed by atoms with van der Waals surface area (Å²) in [5, 5.41) is 11.2. The quantitative estimate of drug-likeness (QED) is 0.839. The van der Waals surface area contributed by atoms with E-state index in [0.717, 1.165) is 18.9 Å². The topological polar surface area (TPSA) is 78.9 Å². The van der Waals surface area contributed by atoms with Crippen molar-refractivity contribution in [2.45, 2.75) is 32.2 Å². The molecule has 1 amide bonds. The Hall–Kier alpha value is -1.93. The zero-order valence-electron chi connectivity index (χ0n) is 10.2. The molecule has 4 nitrogen and oxygen atoms in total. The Morgan fingerprint density at radius 1 is 1.61 bits per heavy atom. The van der Waals surface area contributed by atoms with Crippen LogP contribution in [0.15, 0.2) is 18.2 Å². The maximum absolute atomic E-state index is 13.1. The predicted molar refractivity (Wildman–Crippen MR) is 67.2 cm³/mol. The van der Waals surface area contributed by atoms with Crippen LogP contribution in [0, 0.1) is 17.1 Å². The van der Waals surface area contributed by atoms with Crippen molar-refractivity contribution in [3.8, 4) is 6.07 Å². The molecule has 0 heterocycles. The van der Waals surface area contributed by atoms with Crippen LogP contribution in [0.4, 0.5) is 10.1 Å². The largest absolute Gasteiger partial charge is 0.325 e. The molecule has 3 N–H and O–H groups in total. The summed E-state index contributed by atoms with van der Waals surface area (Å²) < 4.78 is 13.1. The van der Waals surface area contributed by atoms with Gasteiger partial charge in [0.1, 0.15) is 11.9 Å². The standard InChI is InChI=1S/C13H16FN3O/c1-2-3-4-12(16)13(18)17-10-5-6-11(14)9(7-10)8-15/h5-7,12H,2-4,16H2,1H3,(H,17,18). The molecule has 0 spiro atoms. The lowest BCUT2D eigenvalue weighted by atomic mass is 10.1. The van der Waals surface area contributed by atoms with E-state index in [4.69, 9.17) is 11.0 Å². The van der Waals surface area contributed by atoms with E-state index in [9.17, 15) is 9.18 Å². The molecule has 1 atom stereocenters. The van der Waals surface area contributed by atoms with Crippen LogP contribution in [0.1, 0.15) is 31.7 Å². The fraction of sp³-hybridized carbons (Fsp3) is 0.385. The van der Waals surface area contributed by atoms with Crippen LogP contribution < -0.4 is 11.1 Å². The van der Waals surface area contributed by atoms with Crippen LogP contribution in [0.25, 0.3) is 0 Å². The van der Waals surface area contributed by atoms with Gasteiger partial charge in [-0.1, -0.05) is 19.8 Å². The van der Waals surface area contributed by atoms with E-state index in [1.54, 1.807) is 6.07 Å². The van der Waals surface area contributed by atoms with Gasteiger partial charge in [0, 0.05) is 5.69 Å². The Bertz CT molecular complexity index is 468. The Morgan fingerprint density at radius 2 is 2.33 bits per heavy atom. The van der Waals surface area contributed by atoms with Crippen molar-refractivity contribution in [1.29, 1.82) is 5.26 Å². The van der Waals surface area contributed by atoms with Crippen molar-refractivity contribution in [3.63, 3.8) is 0 Å². The fourth-order valence-electron chi connectivity index (χ4n) is 1.48. The fourth-order valence-corrected chi connectivity index (χ4v) is 1.48. The van der Waals surface area contributed by atoms with Crippen LogP contribution in [0.3, 0.4) is 0 Å². The predicted octanol–water partition coefficient (Wildman–Crippen LogP) is 2.15. The lowest BCUT2D eigenvalue weighted by Crippen LogP contribution is -2.35. The van der Waals surface area contributed by atoms with Crippen LogP contribution >= 0.6 is 0 Å². The molecule has 0 aliphatic heterocycles. The molecule has 0 aliphatic carbocycles. The number of halogens is 1. The van der Waals surface area contributed by atoms with Crippen LogP contribution in [-0.2, 0) is 4.79 Å². The minimum absolute atomic E-state index is 0.102. The number of carbonyl (C=O) groups is 1. The number of hydrogen-bond acceptors (Lipinski definition) is 3. The minimum Gasteiger partial charge on any atom is -0.325 e. The van der Waals surface area contributed by atoms with Gasteiger partial charge in [-0.15, -0.1) is 0 Å². The number of amides is 1. The van der Waals surface area contributed by atoms with E-state index in [1.807, 2.05) is 6.92 Å². The zero-order valence-corrected chi connectivity index (χ0v) is 10.2. The van der Waals surface area contributed by atoms with E-state index in [1.165, 1.54) is 12.1 Å². The van der Waals surface area contributed by atoms with Crippen LogP contribution in [0.2, 0.25) is 0 Å². The highest BCUT2D eigenvalue weighted by molar-refractivity contribution is 5.94. The summed E-state index contributed by atoms with van der Waals surface area (Å²) in [4.78, 5) is 11.7. The molecule has 1 unspecified atom stereocenters. The van der Waals surface area contributed by atoms with Crippen molar-refractivity contribution in [2.24, 2.45) is 5.73 Å². The molecular weight excluding hydrogens is 233 g/mol. The number of nitrogens with zero attached hydrogens (tertiary/aromatic N) is 1. The summed E-state index contributed by atoms with van der Waals surface area (Å²) in [5.74, 6) is -0.926. The summed E-state index contributed by atoms with van der Waals surface area (Å²) in [7, 11) is 0. The molecule has 1 aromatic rings. The van der Waals surface area contributed by atoms with Gasteiger partial charge < -0.3 is 11.1 Å². The van der Waals surface area contributed by atoms with Gasteiger partial charge in [0.2, 0.25) is 5.91 Å². The Kier molecular flexibility index (Phi) is 5.28. The summed E-state index contributed by atoms with van der Waals surface area (Å²) in [6.45, 7) is 2.02. The highest BCUT2D eigenvalue weighted by atomic mass is 19.1. The van der Waals surface area contributed by atoms with E-state index in [-0.39, 0.29) is 11.5 Å². The third-order valence-electron chi connectivity index (χ3n) is 2.56. The van der Waals surface area contributed by atoms with E-state index in [2.05, 4.69) is 5.32 Å². The monoisotopic (exact) mass is 249 g/mol. The van der Waals surface area contributed by atoms with Gasteiger partial charge >= 0.3 is 0 Å². The van der Waals surface area contributed by atoms with E-state index < -0.39 is 11.9 Å². The van der Waals surface area contributed by atoms with Gasteiger partial charge in [0.15, 0.2) is 0 Å². The number of unbranched alkanes of at least 4 members (excludes halogenated alkanes) is 1. The summed E-state index contributed by atoms with van der Waals surface area (Å²) in [6.07, 6.45) is 2.45. The highest BCUT2D eigenvalue weighted by Gasteiger charge is 2.13. The Morgan fingerprint density at radius 3 is 2.94 bits per heavy atom. The third kappa shape index (κ3) is 3.82. The highest BCUT2D eigenvalue weighted by Crippen LogP contribution is 2.14. The molecule has 5 heteroatoms. The van der Waals surface area contributed by atoms with Crippen molar-refractivity contribution in [1.82, 2.24) is 0 Å². The number of nitrogens with two attached hydrogens (primary N) is 1. The lowest BCUT2D eigenvalue weighted by molar-refractivity contribution is -0.117. The average molecular weight is 249 g/mol. The maximum atomic E-state index is 13.1. The van der Waals surface area contributed by atoms with Gasteiger partial charge in [0.05, 0.1) is 11.6 Å². The molecule has 0 aliphatic rings. The van der Waals surface area contributed by atoms with Crippen LogP contribution in [0.5, 0.6) is 0 Å². The molecule has 96 valence electrons. The molecule has 0 bridgehead atoms. The van der Waals surface area contributed by atoms with Gasteiger partial charge in [0.25, 0.3) is 0 Å². The normalized spacial score (nSPS) is 11.7.